The number of hydrogen-bond donors (Lipinski definition) is 1. The van der Waals surface area contributed by atoms with Gasteiger partial charge in [0.25, 0.3) is 0 Å². The third-order valence-corrected chi connectivity index (χ3v) is 3.93. The van der Waals surface area contributed by atoms with Crippen LogP contribution in [0.4, 0.5) is 5.69 Å². The van der Waals surface area contributed by atoms with Gasteiger partial charge >= 0.3 is 0 Å². The average Bonchev–Trinajstić information content (AvgIpc) is 2.33. The number of nitrogens with zero attached hydrogens (tertiary/aromatic N) is 1. The standard InChI is InChI=1S/C13H22N2O2S/c1-3-4-10-15(11-9-14)12-7-5-6-8-13(12)18(2,16)17/h5-8H,3-4,9-11,14H2,1-2H3. The summed E-state index contributed by atoms with van der Waals surface area (Å²) in [4.78, 5) is 2.44. The monoisotopic (exact) mass is 270 g/mol. The minimum Gasteiger partial charge on any atom is -0.369 e. The van der Waals surface area contributed by atoms with E-state index in [0.29, 0.717) is 18.0 Å². The zero-order valence-electron chi connectivity index (χ0n) is 11.1. The summed E-state index contributed by atoms with van der Waals surface area (Å²) in [7, 11) is -3.20. The molecule has 0 aliphatic carbocycles. The quantitative estimate of drug-likeness (QED) is 0.818. The largest absolute Gasteiger partial charge is 0.369 e. The lowest BCUT2D eigenvalue weighted by Crippen LogP contribution is -2.31. The van der Waals surface area contributed by atoms with Crippen molar-refractivity contribution in [1.82, 2.24) is 0 Å². The van der Waals surface area contributed by atoms with Crippen molar-refractivity contribution in [3.63, 3.8) is 0 Å². The molecule has 0 bridgehead atoms. The van der Waals surface area contributed by atoms with Crippen molar-refractivity contribution in [2.75, 3.05) is 30.8 Å². The molecule has 0 saturated carbocycles. The van der Waals surface area contributed by atoms with Crippen molar-refractivity contribution in [1.29, 1.82) is 0 Å². The number of rotatable bonds is 7. The van der Waals surface area contributed by atoms with Crippen LogP contribution in [0.1, 0.15) is 19.8 Å². The molecule has 0 fully saturated rings. The van der Waals surface area contributed by atoms with E-state index in [2.05, 4.69) is 11.8 Å². The summed E-state index contributed by atoms with van der Waals surface area (Å²) < 4.78 is 23.6. The van der Waals surface area contributed by atoms with Gasteiger partial charge in [-0.3, -0.25) is 0 Å². The highest BCUT2D eigenvalue weighted by atomic mass is 32.2. The zero-order chi connectivity index (χ0) is 13.6. The van der Waals surface area contributed by atoms with E-state index < -0.39 is 9.84 Å². The molecule has 0 amide bonds. The van der Waals surface area contributed by atoms with Gasteiger partial charge in [0.2, 0.25) is 0 Å². The minimum absolute atomic E-state index is 0.384. The normalized spacial score (nSPS) is 11.5. The summed E-state index contributed by atoms with van der Waals surface area (Å²) in [6.07, 6.45) is 3.34. The molecule has 0 atom stereocenters. The van der Waals surface area contributed by atoms with E-state index in [1.165, 1.54) is 6.26 Å². The third kappa shape index (κ3) is 3.99. The molecule has 1 aromatic carbocycles. The Balaban J connectivity index is 3.11. The average molecular weight is 270 g/mol. The molecule has 102 valence electrons. The van der Waals surface area contributed by atoms with Crippen LogP contribution in [0.3, 0.4) is 0 Å². The van der Waals surface area contributed by atoms with Gasteiger partial charge in [-0.15, -0.1) is 0 Å². The molecule has 0 aliphatic heterocycles. The number of unbranched alkanes of at least 4 members (excludes halogenated alkanes) is 1. The topological polar surface area (TPSA) is 63.4 Å². The van der Waals surface area contributed by atoms with Crippen LogP contribution in [0.2, 0.25) is 0 Å². The van der Waals surface area contributed by atoms with Crippen LogP contribution in [-0.4, -0.2) is 34.3 Å². The predicted octanol–water partition coefficient (Wildman–Crippen LogP) is 1.66. The SMILES string of the molecule is CCCCN(CCN)c1ccccc1S(C)(=O)=O. The van der Waals surface area contributed by atoms with E-state index in [9.17, 15) is 8.42 Å². The molecule has 2 N–H and O–H groups in total. The summed E-state index contributed by atoms with van der Waals surface area (Å²) in [5, 5.41) is 0. The van der Waals surface area contributed by atoms with Crippen molar-refractivity contribution in [3.05, 3.63) is 24.3 Å². The van der Waals surface area contributed by atoms with Crippen LogP contribution >= 0.6 is 0 Å². The van der Waals surface area contributed by atoms with E-state index in [4.69, 9.17) is 5.73 Å². The van der Waals surface area contributed by atoms with Gasteiger partial charge in [0.05, 0.1) is 10.6 Å². The molecular formula is C13H22N2O2S. The molecule has 18 heavy (non-hydrogen) atoms. The lowest BCUT2D eigenvalue weighted by Gasteiger charge is -2.26. The Bertz CT molecular complexity index is 472. The van der Waals surface area contributed by atoms with Crippen LogP contribution in [0.25, 0.3) is 0 Å². The predicted molar refractivity (Wildman–Crippen MR) is 75.7 cm³/mol. The van der Waals surface area contributed by atoms with Gasteiger partial charge in [0.1, 0.15) is 0 Å². The second kappa shape index (κ2) is 6.75. The van der Waals surface area contributed by atoms with E-state index in [0.717, 1.165) is 25.1 Å². The van der Waals surface area contributed by atoms with Crippen molar-refractivity contribution >= 4 is 15.5 Å². The molecule has 0 unspecified atom stereocenters. The van der Waals surface area contributed by atoms with Crippen molar-refractivity contribution in [2.24, 2.45) is 5.73 Å². The first-order chi connectivity index (χ1) is 8.50. The summed E-state index contributed by atoms with van der Waals surface area (Å²) >= 11 is 0. The van der Waals surface area contributed by atoms with Crippen molar-refractivity contribution in [3.8, 4) is 0 Å². The third-order valence-electron chi connectivity index (χ3n) is 2.79. The Hall–Kier alpha value is -1.07. The van der Waals surface area contributed by atoms with Crippen LogP contribution in [0, 0.1) is 0 Å². The highest BCUT2D eigenvalue weighted by Gasteiger charge is 2.16. The van der Waals surface area contributed by atoms with Gasteiger partial charge in [-0.2, -0.15) is 0 Å². The number of benzene rings is 1. The smallest absolute Gasteiger partial charge is 0.177 e. The van der Waals surface area contributed by atoms with Gasteiger partial charge < -0.3 is 10.6 Å². The Labute approximate surface area is 110 Å². The maximum Gasteiger partial charge on any atom is 0.177 e. The summed E-state index contributed by atoms with van der Waals surface area (Å²) in [5.41, 5.74) is 6.37. The fourth-order valence-corrected chi connectivity index (χ4v) is 2.79. The zero-order valence-corrected chi connectivity index (χ0v) is 11.9. The first kappa shape index (κ1) is 15.0. The fourth-order valence-electron chi connectivity index (χ4n) is 1.89. The molecule has 1 rings (SSSR count). The van der Waals surface area contributed by atoms with Crippen LogP contribution in [-0.2, 0) is 9.84 Å². The highest BCUT2D eigenvalue weighted by molar-refractivity contribution is 7.90. The van der Waals surface area contributed by atoms with Crippen molar-refractivity contribution < 1.29 is 8.42 Å². The molecule has 4 nitrogen and oxygen atoms in total. The molecule has 1 aromatic rings. The van der Waals surface area contributed by atoms with Crippen LogP contribution < -0.4 is 10.6 Å². The van der Waals surface area contributed by atoms with Gasteiger partial charge in [0.15, 0.2) is 9.84 Å². The Morgan fingerprint density at radius 3 is 2.44 bits per heavy atom. The fraction of sp³-hybridized carbons (Fsp3) is 0.538. The maximum absolute atomic E-state index is 11.8. The molecular weight excluding hydrogens is 248 g/mol. The first-order valence-corrected chi connectivity index (χ1v) is 8.14. The number of para-hydroxylation sites is 1. The second-order valence-electron chi connectivity index (χ2n) is 4.37. The molecule has 5 heteroatoms. The molecule has 0 aliphatic rings. The number of sulfone groups is 1. The van der Waals surface area contributed by atoms with E-state index >= 15 is 0 Å². The molecule has 0 heterocycles. The summed E-state index contributed by atoms with van der Waals surface area (Å²) in [6.45, 7) is 4.14. The van der Waals surface area contributed by atoms with Gasteiger partial charge in [-0.05, 0) is 18.6 Å². The molecule has 0 spiro atoms. The van der Waals surface area contributed by atoms with E-state index in [1.54, 1.807) is 12.1 Å². The maximum atomic E-state index is 11.8. The van der Waals surface area contributed by atoms with Crippen LogP contribution in [0.5, 0.6) is 0 Å². The minimum atomic E-state index is -3.20. The van der Waals surface area contributed by atoms with Gasteiger partial charge in [-0.1, -0.05) is 25.5 Å². The summed E-state index contributed by atoms with van der Waals surface area (Å²) in [6, 6.07) is 7.11. The van der Waals surface area contributed by atoms with Crippen molar-refractivity contribution in [2.45, 2.75) is 24.7 Å². The first-order valence-electron chi connectivity index (χ1n) is 6.24. The van der Waals surface area contributed by atoms with E-state index in [-0.39, 0.29) is 0 Å². The van der Waals surface area contributed by atoms with Gasteiger partial charge in [-0.25, -0.2) is 8.42 Å². The lowest BCUT2D eigenvalue weighted by molar-refractivity contribution is 0.601. The number of nitrogens with two attached hydrogens (primary N) is 1. The summed E-state index contributed by atoms with van der Waals surface area (Å²) in [5.74, 6) is 0. The lowest BCUT2D eigenvalue weighted by atomic mass is 10.2. The Kier molecular flexibility index (Phi) is 5.62. The van der Waals surface area contributed by atoms with E-state index in [1.807, 2.05) is 12.1 Å². The van der Waals surface area contributed by atoms with Gasteiger partial charge in [0, 0.05) is 25.9 Å². The molecule has 0 saturated heterocycles. The second-order valence-corrected chi connectivity index (χ2v) is 6.35. The number of anilines is 1. The number of hydrogen-bond acceptors (Lipinski definition) is 4. The molecule has 0 aromatic heterocycles. The highest BCUT2D eigenvalue weighted by Crippen LogP contribution is 2.25. The Morgan fingerprint density at radius 1 is 1.22 bits per heavy atom. The molecule has 0 radical (unpaired) electrons. The Morgan fingerprint density at radius 2 is 1.89 bits per heavy atom. The van der Waals surface area contributed by atoms with Crippen LogP contribution in [0.15, 0.2) is 29.2 Å².